The minimum atomic E-state index is 0.128. The Morgan fingerprint density at radius 2 is 1.51 bits per heavy atom. The molecule has 2 unspecified atom stereocenters. The van der Waals surface area contributed by atoms with Crippen molar-refractivity contribution in [3.8, 4) is 33.5 Å². The monoisotopic (exact) mass is 512 g/mol. The number of aryl methyl sites for hydroxylation is 2. The standard InChI is InChI=1S/C33H32N6/c1-19-14-16-35-30(19)33-36-26-12-9-23(18-29(26)38-33)21-6-4-20(5-7-21)22-8-11-25-24(17-22)10-13-27-31(25)39-32(37-27)28-3-2-15-34-28/h4-9,11-12,17-18,28,30,34-35H,1-3,10,13-16H2,(H,36,38)(H,37,39). The van der Waals surface area contributed by atoms with Crippen molar-refractivity contribution in [2.75, 3.05) is 13.1 Å². The van der Waals surface area contributed by atoms with Gasteiger partial charge in [0.2, 0.25) is 0 Å². The van der Waals surface area contributed by atoms with E-state index in [0.29, 0.717) is 6.04 Å². The smallest absolute Gasteiger partial charge is 0.128 e. The summed E-state index contributed by atoms with van der Waals surface area (Å²) in [6, 6.07) is 22.8. The highest BCUT2D eigenvalue weighted by molar-refractivity contribution is 5.83. The lowest BCUT2D eigenvalue weighted by Crippen LogP contribution is -2.14. The van der Waals surface area contributed by atoms with Gasteiger partial charge in [0.1, 0.15) is 11.6 Å². The number of hydrogen-bond acceptors (Lipinski definition) is 4. The topological polar surface area (TPSA) is 81.4 Å². The largest absolute Gasteiger partial charge is 0.344 e. The number of benzene rings is 3. The summed E-state index contributed by atoms with van der Waals surface area (Å²) < 4.78 is 0. The molecule has 8 rings (SSSR count). The van der Waals surface area contributed by atoms with E-state index in [2.05, 4.69) is 87.8 Å². The maximum Gasteiger partial charge on any atom is 0.128 e. The predicted molar refractivity (Wildman–Crippen MR) is 156 cm³/mol. The average molecular weight is 513 g/mol. The lowest BCUT2D eigenvalue weighted by molar-refractivity contribution is 0.611. The predicted octanol–water partition coefficient (Wildman–Crippen LogP) is 6.40. The number of nitrogens with zero attached hydrogens (tertiary/aromatic N) is 2. The van der Waals surface area contributed by atoms with Crippen LogP contribution in [-0.4, -0.2) is 33.0 Å². The van der Waals surface area contributed by atoms with Gasteiger partial charge in [0.25, 0.3) is 0 Å². The third-order valence-corrected chi connectivity index (χ3v) is 8.72. The summed E-state index contributed by atoms with van der Waals surface area (Å²) in [6.45, 7) is 6.25. The molecule has 194 valence electrons. The van der Waals surface area contributed by atoms with Crippen molar-refractivity contribution in [3.05, 3.63) is 95.7 Å². The van der Waals surface area contributed by atoms with Gasteiger partial charge in [-0.2, -0.15) is 0 Å². The Labute approximate surface area is 228 Å². The number of rotatable bonds is 4. The molecule has 2 aliphatic heterocycles. The summed E-state index contributed by atoms with van der Waals surface area (Å²) in [7, 11) is 0. The minimum Gasteiger partial charge on any atom is -0.344 e. The number of hydrogen-bond donors (Lipinski definition) is 4. The third-order valence-electron chi connectivity index (χ3n) is 8.72. The molecule has 2 fully saturated rings. The van der Waals surface area contributed by atoms with Crippen LogP contribution >= 0.6 is 0 Å². The number of fused-ring (bicyclic) bond motifs is 4. The Morgan fingerprint density at radius 1 is 0.718 bits per heavy atom. The van der Waals surface area contributed by atoms with E-state index in [4.69, 9.17) is 9.97 Å². The van der Waals surface area contributed by atoms with E-state index in [-0.39, 0.29) is 6.04 Å². The second kappa shape index (κ2) is 9.04. The maximum atomic E-state index is 5.04. The first-order valence-corrected chi connectivity index (χ1v) is 14.2. The second-order valence-corrected chi connectivity index (χ2v) is 11.2. The van der Waals surface area contributed by atoms with E-state index in [1.165, 1.54) is 57.5 Å². The third kappa shape index (κ3) is 3.94. The molecule has 0 saturated carbocycles. The quantitative estimate of drug-likeness (QED) is 0.210. The molecule has 6 nitrogen and oxygen atoms in total. The number of H-pyrrole nitrogens is 2. The van der Waals surface area contributed by atoms with E-state index >= 15 is 0 Å². The summed E-state index contributed by atoms with van der Waals surface area (Å²) in [5.41, 5.74) is 13.2. The molecule has 0 spiro atoms. The summed E-state index contributed by atoms with van der Waals surface area (Å²) in [4.78, 5) is 17.0. The van der Waals surface area contributed by atoms with Crippen molar-refractivity contribution in [2.24, 2.45) is 0 Å². The van der Waals surface area contributed by atoms with E-state index in [0.717, 1.165) is 60.7 Å². The first-order valence-electron chi connectivity index (χ1n) is 14.2. The normalized spacial score (nSPS) is 20.5. The molecule has 4 heterocycles. The van der Waals surface area contributed by atoms with E-state index in [1.807, 2.05) is 0 Å². The van der Waals surface area contributed by atoms with Crippen molar-refractivity contribution < 1.29 is 0 Å². The van der Waals surface area contributed by atoms with Crippen molar-refractivity contribution >= 4 is 11.0 Å². The summed E-state index contributed by atoms with van der Waals surface area (Å²) in [5, 5.41) is 7.06. The van der Waals surface area contributed by atoms with Gasteiger partial charge >= 0.3 is 0 Å². The summed E-state index contributed by atoms with van der Waals surface area (Å²) in [6.07, 6.45) is 5.46. The van der Waals surface area contributed by atoms with Crippen LogP contribution in [-0.2, 0) is 12.8 Å². The molecule has 0 amide bonds. The van der Waals surface area contributed by atoms with Gasteiger partial charge < -0.3 is 20.6 Å². The lowest BCUT2D eigenvalue weighted by atomic mass is 9.89. The molecule has 6 heteroatoms. The second-order valence-electron chi connectivity index (χ2n) is 11.2. The molecule has 4 N–H and O–H groups in total. The zero-order chi connectivity index (χ0) is 25.9. The SMILES string of the molecule is C=C1CCNC1c1nc2ccc(-c3ccc(-c4ccc5c(c4)CCc4[nH]c(C6CCCN6)nc4-5)cc3)cc2[nH]1. The minimum absolute atomic E-state index is 0.128. The Bertz CT molecular complexity index is 1720. The molecule has 0 bridgehead atoms. The number of aromatic amines is 2. The van der Waals surface area contributed by atoms with Crippen molar-refractivity contribution in [1.82, 2.24) is 30.6 Å². The van der Waals surface area contributed by atoms with Crippen LogP contribution in [0.2, 0.25) is 0 Å². The highest BCUT2D eigenvalue weighted by Gasteiger charge is 2.26. The molecule has 5 aromatic rings. The van der Waals surface area contributed by atoms with Gasteiger partial charge in [-0.25, -0.2) is 9.97 Å². The number of aromatic nitrogens is 4. The molecule has 2 saturated heterocycles. The van der Waals surface area contributed by atoms with Crippen LogP contribution in [0.3, 0.4) is 0 Å². The van der Waals surface area contributed by atoms with Crippen LogP contribution in [0.4, 0.5) is 0 Å². The van der Waals surface area contributed by atoms with Crippen LogP contribution in [0.1, 0.15) is 54.3 Å². The average Bonchev–Trinajstić information content (AvgIpc) is 3.78. The van der Waals surface area contributed by atoms with Crippen LogP contribution in [0.15, 0.2) is 72.8 Å². The molecular formula is C33H32N6. The fourth-order valence-electron chi connectivity index (χ4n) is 6.54. The fraction of sp³-hybridized carbons (Fsp3) is 0.273. The maximum absolute atomic E-state index is 5.04. The number of imidazole rings is 2. The number of nitrogens with one attached hydrogen (secondary N) is 4. The van der Waals surface area contributed by atoms with Gasteiger partial charge in [-0.05, 0) is 85.1 Å². The van der Waals surface area contributed by atoms with Gasteiger partial charge in [-0.1, -0.05) is 60.7 Å². The summed E-state index contributed by atoms with van der Waals surface area (Å²) in [5.74, 6) is 2.07. The molecule has 1 aliphatic carbocycles. The van der Waals surface area contributed by atoms with Gasteiger partial charge in [0, 0.05) is 11.3 Å². The Morgan fingerprint density at radius 3 is 2.28 bits per heavy atom. The Kier molecular flexibility index (Phi) is 5.32. The zero-order valence-corrected chi connectivity index (χ0v) is 22.0. The van der Waals surface area contributed by atoms with Crippen molar-refractivity contribution in [3.63, 3.8) is 0 Å². The zero-order valence-electron chi connectivity index (χ0n) is 22.0. The van der Waals surface area contributed by atoms with Crippen LogP contribution in [0.5, 0.6) is 0 Å². The van der Waals surface area contributed by atoms with Crippen LogP contribution in [0, 0.1) is 0 Å². The van der Waals surface area contributed by atoms with E-state index in [9.17, 15) is 0 Å². The van der Waals surface area contributed by atoms with Crippen LogP contribution in [0.25, 0.3) is 44.5 Å². The molecule has 2 atom stereocenters. The fourth-order valence-corrected chi connectivity index (χ4v) is 6.54. The van der Waals surface area contributed by atoms with Gasteiger partial charge in [-0.15, -0.1) is 0 Å². The first-order chi connectivity index (χ1) is 19.2. The molecule has 3 aliphatic rings. The van der Waals surface area contributed by atoms with E-state index < -0.39 is 0 Å². The van der Waals surface area contributed by atoms with Crippen molar-refractivity contribution in [1.29, 1.82) is 0 Å². The van der Waals surface area contributed by atoms with Crippen molar-refractivity contribution in [2.45, 2.75) is 44.2 Å². The molecular weight excluding hydrogens is 480 g/mol. The van der Waals surface area contributed by atoms with Crippen LogP contribution < -0.4 is 10.6 Å². The highest BCUT2D eigenvalue weighted by Crippen LogP contribution is 2.37. The molecule has 3 aromatic carbocycles. The summed E-state index contributed by atoms with van der Waals surface area (Å²) >= 11 is 0. The van der Waals surface area contributed by atoms with Gasteiger partial charge in [0.05, 0.1) is 28.8 Å². The first kappa shape index (κ1) is 22.9. The van der Waals surface area contributed by atoms with Gasteiger partial charge in [-0.3, -0.25) is 0 Å². The lowest BCUT2D eigenvalue weighted by Gasteiger charge is -2.16. The van der Waals surface area contributed by atoms with Gasteiger partial charge in [0.15, 0.2) is 0 Å². The molecule has 39 heavy (non-hydrogen) atoms. The molecule has 2 aromatic heterocycles. The highest BCUT2D eigenvalue weighted by atomic mass is 15.1. The Hall–Kier alpha value is -4.00. The van der Waals surface area contributed by atoms with E-state index in [1.54, 1.807) is 0 Å². The molecule has 0 radical (unpaired) electrons. The Balaban J connectivity index is 1.05.